The minimum absolute atomic E-state index is 0.0578. The van der Waals surface area contributed by atoms with Gasteiger partial charge in [0.15, 0.2) is 23.4 Å². The molecule has 4 aromatic carbocycles. The van der Waals surface area contributed by atoms with E-state index >= 15 is 0 Å². The molecular formula is C41H35F6N13O3. The zero-order valence-electron chi connectivity index (χ0n) is 32.7. The summed E-state index contributed by atoms with van der Waals surface area (Å²) in [5, 5.41) is 21.9. The predicted molar refractivity (Wildman–Crippen MR) is 223 cm³/mol. The summed E-state index contributed by atoms with van der Waals surface area (Å²) in [6.45, 7) is 0. The first kappa shape index (κ1) is 43.3. The standard InChI is InChI=1S/C22H19F3N6O3.C19H16F3N7/c23-22(24,25)16(12-7-3-5-10-4-1-2-6-11(10)12)13(8-15(32)20(33)34)18-28-9-14-17(26)29-21(27)31-19(14)30-18;1-29(18-25-9-13-15(23)26-17(24)27-16(13)28-18)14(19(20,21)22)12-8-4-6-10-5-2-3-7-11(10)12/h1-7,9,13,15-16,32H,8H2,(H,33,34)(H4,26,27,28,29,30,31);2-9,14H,1H3,(H4,23,24,25,26,27,28). The number of aliphatic hydroxyl groups excluding tert-OH is 1. The van der Waals surface area contributed by atoms with E-state index in [1.54, 1.807) is 66.7 Å². The van der Waals surface area contributed by atoms with Gasteiger partial charge in [-0.3, -0.25) is 0 Å². The second kappa shape index (κ2) is 17.0. The van der Waals surface area contributed by atoms with Crippen LogP contribution in [0.5, 0.6) is 0 Å². The molecule has 0 radical (unpaired) electrons. The third kappa shape index (κ3) is 9.00. The summed E-state index contributed by atoms with van der Waals surface area (Å²) in [5.74, 6) is -6.45. The van der Waals surface area contributed by atoms with Gasteiger partial charge in [-0.15, -0.1) is 0 Å². The summed E-state index contributed by atoms with van der Waals surface area (Å²) in [6, 6.07) is 20.7. The first-order valence-electron chi connectivity index (χ1n) is 18.7. The van der Waals surface area contributed by atoms with Crippen molar-refractivity contribution in [3.8, 4) is 0 Å². The highest BCUT2D eigenvalue weighted by Gasteiger charge is 2.49. The number of nitrogen functional groups attached to an aromatic ring is 4. The van der Waals surface area contributed by atoms with E-state index in [0.717, 1.165) is 11.1 Å². The van der Waals surface area contributed by atoms with E-state index in [0.29, 0.717) is 26.9 Å². The maximum absolute atomic E-state index is 14.6. The minimum atomic E-state index is -4.84. The number of halogens is 6. The lowest BCUT2D eigenvalue weighted by Crippen LogP contribution is -2.37. The fourth-order valence-corrected chi connectivity index (χ4v) is 7.35. The van der Waals surface area contributed by atoms with Crippen molar-refractivity contribution in [1.29, 1.82) is 0 Å². The van der Waals surface area contributed by atoms with Crippen LogP contribution < -0.4 is 27.8 Å². The number of nitrogens with two attached hydrogens (primary N) is 4. The van der Waals surface area contributed by atoms with Crippen molar-refractivity contribution in [2.24, 2.45) is 0 Å². The molecule has 0 aliphatic carbocycles. The Morgan fingerprint density at radius 1 is 0.635 bits per heavy atom. The van der Waals surface area contributed by atoms with Crippen LogP contribution in [0.1, 0.15) is 41.2 Å². The van der Waals surface area contributed by atoms with Gasteiger partial charge in [0.2, 0.25) is 17.8 Å². The Balaban J connectivity index is 0.000000191. The molecule has 0 amide bonds. The van der Waals surface area contributed by atoms with Crippen LogP contribution in [-0.2, 0) is 4.79 Å². The largest absolute Gasteiger partial charge is 0.479 e. The van der Waals surface area contributed by atoms with Crippen molar-refractivity contribution in [1.82, 2.24) is 39.9 Å². The molecular weight excluding hydrogens is 837 g/mol. The van der Waals surface area contributed by atoms with Gasteiger partial charge < -0.3 is 38.0 Å². The number of hydrogen-bond donors (Lipinski definition) is 6. The van der Waals surface area contributed by atoms with Gasteiger partial charge in [-0.1, -0.05) is 84.9 Å². The van der Waals surface area contributed by atoms with Crippen LogP contribution in [0.3, 0.4) is 0 Å². The number of carboxylic acid groups (broad SMARTS) is 1. The quantitative estimate of drug-likeness (QED) is 0.0847. The van der Waals surface area contributed by atoms with Crippen LogP contribution in [0.2, 0.25) is 0 Å². The molecule has 4 unspecified atom stereocenters. The van der Waals surface area contributed by atoms with Gasteiger partial charge >= 0.3 is 18.3 Å². The summed E-state index contributed by atoms with van der Waals surface area (Å²) < 4.78 is 86.3. The number of carboxylic acids is 1. The summed E-state index contributed by atoms with van der Waals surface area (Å²) in [4.78, 5) is 44.1. The number of aromatic nitrogens is 8. The lowest BCUT2D eigenvalue weighted by atomic mass is 9.79. The molecule has 4 heterocycles. The molecule has 4 atom stereocenters. The van der Waals surface area contributed by atoms with Crippen LogP contribution >= 0.6 is 0 Å². The number of alkyl halides is 6. The normalized spacial score (nSPS) is 13.9. The summed E-state index contributed by atoms with van der Waals surface area (Å²) in [5.41, 5.74) is 22.7. The molecule has 16 nitrogen and oxygen atoms in total. The van der Waals surface area contributed by atoms with E-state index in [1.165, 1.54) is 31.4 Å². The molecule has 10 N–H and O–H groups in total. The SMILES string of the molecule is CN(c1ncc2c(N)nc(N)nc2n1)C(c1cccc2ccccc12)C(F)(F)F.Nc1nc(N)c2cnc(C(CC(O)C(=O)O)C(c3cccc4ccccc34)C(F)(F)F)nc2n1. The third-order valence-corrected chi connectivity index (χ3v) is 10.1. The van der Waals surface area contributed by atoms with Gasteiger partial charge in [-0.25, -0.2) is 19.7 Å². The Morgan fingerprint density at radius 2 is 1.13 bits per heavy atom. The van der Waals surface area contributed by atoms with E-state index in [9.17, 15) is 41.4 Å². The van der Waals surface area contributed by atoms with Crippen molar-refractivity contribution in [3.05, 3.63) is 114 Å². The molecule has 8 aromatic rings. The lowest BCUT2D eigenvalue weighted by molar-refractivity contribution is -0.161. The number of aliphatic hydroxyl groups is 1. The Bertz CT molecular complexity index is 2980. The monoisotopic (exact) mass is 871 g/mol. The van der Waals surface area contributed by atoms with Gasteiger partial charge in [-0.05, 0) is 39.1 Å². The molecule has 63 heavy (non-hydrogen) atoms. The molecule has 4 aromatic heterocycles. The molecule has 0 saturated carbocycles. The lowest BCUT2D eigenvalue weighted by Gasteiger charge is -2.31. The van der Waals surface area contributed by atoms with Gasteiger partial charge in [0.1, 0.15) is 17.5 Å². The number of benzene rings is 4. The van der Waals surface area contributed by atoms with E-state index in [2.05, 4.69) is 39.9 Å². The highest BCUT2D eigenvalue weighted by atomic mass is 19.4. The van der Waals surface area contributed by atoms with Crippen molar-refractivity contribution in [3.63, 3.8) is 0 Å². The van der Waals surface area contributed by atoms with Crippen LogP contribution in [-0.4, -0.2) is 81.6 Å². The first-order valence-corrected chi connectivity index (χ1v) is 18.7. The molecule has 0 saturated heterocycles. The zero-order valence-corrected chi connectivity index (χ0v) is 32.7. The molecule has 0 aliphatic rings. The zero-order chi connectivity index (χ0) is 45.4. The molecule has 22 heteroatoms. The average molecular weight is 872 g/mol. The molecule has 324 valence electrons. The molecule has 8 rings (SSSR count). The predicted octanol–water partition coefficient (Wildman–Crippen LogP) is 6.48. The van der Waals surface area contributed by atoms with Crippen LogP contribution in [0.15, 0.2) is 97.3 Å². The topological polar surface area (TPSA) is 268 Å². The maximum Gasteiger partial charge on any atom is 0.413 e. The van der Waals surface area contributed by atoms with Crippen LogP contribution in [0.4, 0.5) is 55.8 Å². The highest BCUT2D eigenvalue weighted by molar-refractivity contribution is 5.89. The van der Waals surface area contributed by atoms with Gasteiger partial charge in [-0.2, -0.15) is 51.3 Å². The highest BCUT2D eigenvalue weighted by Crippen LogP contribution is 2.48. The first-order chi connectivity index (χ1) is 29.8. The maximum atomic E-state index is 14.6. The van der Waals surface area contributed by atoms with Crippen LogP contribution in [0, 0.1) is 0 Å². The minimum Gasteiger partial charge on any atom is -0.479 e. The second-order valence-electron chi connectivity index (χ2n) is 14.2. The van der Waals surface area contributed by atoms with E-state index in [4.69, 9.17) is 22.9 Å². The number of rotatable bonds is 9. The molecule has 0 bridgehead atoms. The number of fused-ring (bicyclic) bond motifs is 4. The summed E-state index contributed by atoms with van der Waals surface area (Å²) >= 11 is 0. The van der Waals surface area contributed by atoms with Crippen molar-refractivity contribution >= 4 is 79.1 Å². The average Bonchev–Trinajstić information content (AvgIpc) is 3.22. The second-order valence-corrected chi connectivity index (χ2v) is 14.2. The van der Waals surface area contributed by atoms with E-state index in [-0.39, 0.29) is 63.1 Å². The van der Waals surface area contributed by atoms with Gasteiger partial charge in [0.05, 0.1) is 16.7 Å². The number of nitrogens with zero attached hydrogens (tertiary/aromatic N) is 9. The third-order valence-electron chi connectivity index (χ3n) is 10.1. The Morgan fingerprint density at radius 3 is 1.67 bits per heavy atom. The van der Waals surface area contributed by atoms with Crippen molar-refractivity contribution in [2.45, 2.75) is 42.8 Å². The van der Waals surface area contributed by atoms with E-state index < -0.39 is 48.7 Å². The van der Waals surface area contributed by atoms with Gasteiger partial charge in [0, 0.05) is 25.4 Å². The summed E-state index contributed by atoms with van der Waals surface area (Å²) in [6.07, 6.45) is -9.87. The fraction of sp³-hybridized carbons (Fsp3) is 0.195. The molecule has 0 fully saturated rings. The Kier molecular flexibility index (Phi) is 11.7. The molecule has 0 aliphatic heterocycles. The fourth-order valence-electron chi connectivity index (χ4n) is 7.35. The smallest absolute Gasteiger partial charge is 0.413 e. The number of hydrogen-bond acceptors (Lipinski definition) is 15. The van der Waals surface area contributed by atoms with Crippen LogP contribution in [0.25, 0.3) is 43.6 Å². The van der Waals surface area contributed by atoms with Gasteiger partial charge in [0.25, 0.3) is 0 Å². The molecule has 0 spiro atoms. The number of carbonyl (C=O) groups is 1. The Hall–Kier alpha value is -7.75. The van der Waals surface area contributed by atoms with E-state index in [1.807, 2.05) is 0 Å². The van der Waals surface area contributed by atoms with Crippen molar-refractivity contribution < 1.29 is 41.4 Å². The number of anilines is 5. The Labute approximate surface area is 351 Å². The summed E-state index contributed by atoms with van der Waals surface area (Å²) in [7, 11) is 1.29. The number of aliphatic carboxylic acids is 1. The van der Waals surface area contributed by atoms with Crippen molar-refractivity contribution in [2.75, 3.05) is 34.9 Å².